The first-order valence-electron chi connectivity index (χ1n) is 4.47. The van der Waals surface area contributed by atoms with Crippen LogP contribution in [-0.4, -0.2) is 47.5 Å². The molecule has 12 heavy (non-hydrogen) atoms. The lowest BCUT2D eigenvalue weighted by Gasteiger charge is -2.20. The molecule has 0 aliphatic heterocycles. The molecule has 72 valence electrons. The maximum atomic E-state index is 9.68. The van der Waals surface area contributed by atoms with Crippen LogP contribution in [0.4, 0.5) is 0 Å². The van der Waals surface area contributed by atoms with Crippen LogP contribution in [0.25, 0.3) is 0 Å². The molecule has 0 saturated heterocycles. The summed E-state index contributed by atoms with van der Waals surface area (Å²) < 4.78 is 0. The Kier molecular flexibility index (Phi) is 2.76. The molecule has 3 heteroatoms. The molecule has 0 aromatic carbocycles. The topological polar surface area (TPSA) is 43.7 Å². The largest absolute Gasteiger partial charge is 0.390 e. The number of nitrogens with zero attached hydrogens (tertiary/aromatic N) is 1. The summed E-state index contributed by atoms with van der Waals surface area (Å²) in [6.45, 7) is 2.67. The molecule has 0 amide bonds. The van der Waals surface area contributed by atoms with Crippen molar-refractivity contribution in [1.29, 1.82) is 0 Å². The Balaban J connectivity index is 2.44. The SMILES string of the molecule is CN(C)CC1CC(O)C(C)(O)C1. The molecule has 1 fully saturated rings. The second-order valence-electron chi connectivity index (χ2n) is 4.44. The lowest BCUT2D eigenvalue weighted by molar-refractivity contribution is -0.0386. The van der Waals surface area contributed by atoms with Gasteiger partial charge in [0.15, 0.2) is 0 Å². The van der Waals surface area contributed by atoms with Gasteiger partial charge in [0.1, 0.15) is 0 Å². The second kappa shape index (κ2) is 3.32. The van der Waals surface area contributed by atoms with Crippen molar-refractivity contribution in [1.82, 2.24) is 4.90 Å². The molecule has 1 aliphatic carbocycles. The second-order valence-corrected chi connectivity index (χ2v) is 4.44. The minimum Gasteiger partial charge on any atom is -0.390 e. The highest BCUT2D eigenvalue weighted by molar-refractivity contribution is 4.93. The van der Waals surface area contributed by atoms with E-state index in [9.17, 15) is 10.2 Å². The fourth-order valence-corrected chi connectivity index (χ4v) is 2.03. The summed E-state index contributed by atoms with van der Waals surface area (Å²) in [4.78, 5) is 2.10. The molecule has 3 nitrogen and oxygen atoms in total. The van der Waals surface area contributed by atoms with Crippen LogP contribution in [0.15, 0.2) is 0 Å². The van der Waals surface area contributed by atoms with Crippen LogP contribution in [0, 0.1) is 5.92 Å². The Bertz CT molecular complexity index is 157. The molecule has 0 spiro atoms. The van der Waals surface area contributed by atoms with Crippen molar-refractivity contribution in [2.24, 2.45) is 5.92 Å². The maximum absolute atomic E-state index is 9.68. The van der Waals surface area contributed by atoms with Crippen molar-refractivity contribution in [3.8, 4) is 0 Å². The number of aliphatic hydroxyl groups is 2. The first-order valence-corrected chi connectivity index (χ1v) is 4.47. The summed E-state index contributed by atoms with van der Waals surface area (Å²) in [5, 5.41) is 19.1. The van der Waals surface area contributed by atoms with Crippen molar-refractivity contribution in [2.75, 3.05) is 20.6 Å². The van der Waals surface area contributed by atoms with Gasteiger partial charge in [-0.15, -0.1) is 0 Å². The molecule has 0 heterocycles. The number of hydrogen-bond acceptors (Lipinski definition) is 3. The molecule has 0 aromatic heterocycles. The smallest absolute Gasteiger partial charge is 0.0880 e. The summed E-state index contributed by atoms with van der Waals surface area (Å²) in [5.74, 6) is 0.435. The van der Waals surface area contributed by atoms with E-state index >= 15 is 0 Å². The summed E-state index contributed by atoms with van der Waals surface area (Å²) in [6.07, 6.45) is 0.903. The lowest BCUT2D eigenvalue weighted by atomic mass is 10.0. The average Bonchev–Trinajstić information content (AvgIpc) is 2.04. The number of aliphatic hydroxyl groups excluding tert-OH is 1. The Morgan fingerprint density at radius 2 is 2.08 bits per heavy atom. The zero-order valence-electron chi connectivity index (χ0n) is 8.12. The molecular formula is C9H19NO2. The zero-order valence-corrected chi connectivity index (χ0v) is 8.12. The third kappa shape index (κ3) is 2.19. The first kappa shape index (κ1) is 9.96. The van der Waals surface area contributed by atoms with E-state index < -0.39 is 11.7 Å². The zero-order chi connectivity index (χ0) is 9.35. The Hall–Kier alpha value is -0.120. The van der Waals surface area contributed by atoms with Gasteiger partial charge in [0.05, 0.1) is 11.7 Å². The van der Waals surface area contributed by atoms with Crippen LogP contribution < -0.4 is 0 Å². The van der Waals surface area contributed by atoms with Crippen LogP contribution in [0.2, 0.25) is 0 Å². The highest BCUT2D eigenvalue weighted by atomic mass is 16.3. The monoisotopic (exact) mass is 173 g/mol. The number of hydrogen-bond donors (Lipinski definition) is 2. The third-order valence-corrected chi connectivity index (χ3v) is 2.60. The fourth-order valence-electron chi connectivity index (χ4n) is 2.03. The van der Waals surface area contributed by atoms with Crippen molar-refractivity contribution in [2.45, 2.75) is 31.5 Å². The predicted octanol–water partition coefficient (Wildman–Crippen LogP) is 0.0699. The molecule has 3 atom stereocenters. The van der Waals surface area contributed by atoms with Gasteiger partial charge in [0.2, 0.25) is 0 Å². The predicted molar refractivity (Wildman–Crippen MR) is 47.9 cm³/mol. The summed E-state index contributed by atoms with van der Waals surface area (Å²) in [5.41, 5.74) is -0.860. The highest BCUT2D eigenvalue weighted by Gasteiger charge is 2.41. The maximum Gasteiger partial charge on any atom is 0.0880 e. The first-order chi connectivity index (χ1) is 5.42. The van der Waals surface area contributed by atoms with Gasteiger partial charge in [0, 0.05) is 6.54 Å². The highest BCUT2D eigenvalue weighted by Crippen LogP contribution is 2.34. The molecule has 0 radical (unpaired) electrons. The van der Waals surface area contributed by atoms with Crippen molar-refractivity contribution >= 4 is 0 Å². The van der Waals surface area contributed by atoms with Crippen LogP contribution in [-0.2, 0) is 0 Å². The molecule has 1 rings (SSSR count). The van der Waals surface area contributed by atoms with Gasteiger partial charge in [-0.1, -0.05) is 0 Å². The van der Waals surface area contributed by atoms with E-state index in [4.69, 9.17) is 0 Å². The van der Waals surface area contributed by atoms with Crippen molar-refractivity contribution in [3.63, 3.8) is 0 Å². The quantitative estimate of drug-likeness (QED) is 0.621. The lowest BCUT2D eigenvalue weighted by Crippen LogP contribution is -2.33. The van der Waals surface area contributed by atoms with E-state index in [0.717, 1.165) is 13.0 Å². The van der Waals surface area contributed by atoms with E-state index in [1.165, 1.54) is 0 Å². The molecule has 3 unspecified atom stereocenters. The van der Waals surface area contributed by atoms with Crippen LogP contribution in [0.5, 0.6) is 0 Å². The standard InChI is InChI=1S/C9H19NO2/c1-9(12)5-7(4-8(9)11)6-10(2)3/h7-8,11-12H,4-6H2,1-3H3. The van der Waals surface area contributed by atoms with Crippen LogP contribution in [0.1, 0.15) is 19.8 Å². The number of rotatable bonds is 2. The van der Waals surface area contributed by atoms with Crippen molar-refractivity contribution in [3.05, 3.63) is 0 Å². The van der Waals surface area contributed by atoms with E-state index in [2.05, 4.69) is 4.90 Å². The van der Waals surface area contributed by atoms with E-state index in [-0.39, 0.29) is 0 Å². The van der Waals surface area contributed by atoms with Gasteiger partial charge in [-0.3, -0.25) is 0 Å². The van der Waals surface area contributed by atoms with Gasteiger partial charge < -0.3 is 15.1 Å². The van der Waals surface area contributed by atoms with E-state index in [0.29, 0.717) is 12.3 Å². The summed E-state index contributed by atoms with van der Waals surface area (Å²) >= 11 is 0. The van der Waals surface area contributed by atoms with Gasteiger partial charge in [-0.2, -0.15) is 0 Å². The third-order valence-electron chi connectivity index (χ3n) is 2.60. The van der Waals surface area contributed by atoms with Crippen LogP contribution >= 0.6 is 0 Å². The molecule has 1 saturated carbocycles. The van der Waals surface area contributed by atoms with Crippen molar-refractivity contribution < 1.29 is 10.2 Å². The van der Waals surface area contributed by atoms with Gasteiger partial charge >= 0.3 is 0 Å². The summed E-state index contributed by atoms with van der Waals surface area (Å²) in [7, 11) is 4.03. The summed E-state index contributed by atoms with van der Waals surface area (Å²) in [6, 6.07) is 0. The van der Waals surface area contributed by atoms with Crippen LogP contribution in [0.3, 0.4) is 0 Å². The molecular weight excluding hydrogens is 154 g/mol. The molecule has 2 N–H and O–H groups in total. The fraction of sp³-hybridized carbons (Fsp3) is 1.00. The molecule has 0 aromatic rings. The molecule has 0 bridgehead atoms. The Labute approximate surface area is 74.0 Å². The van der Waals surface area contributed by atoms with E-state index in [1.54, 1.807) is 6.92 Å². The normalized spacial score (nSPS) is 42.5. The van der Waals surface area contributed by atoms with E-state index in [1.807, 2.05) is 14.1 Å². The molecule has 1 aliphatic rings. The minimum absolute atomic E-state index is 0.435. The van der Waals surface area contributed by atoms with Gasteiger partial charge in [-0.05, 0) is 39.8 Å². The minimum atomic E-state index is -0.860. The average molecular weight is 173 g/mol. The Morgan fingerprint density at radius 3 is 2.42 bits per heavy atom. The van der Waals surface area contributed by atoms with Gasteiger partial charge in [-0.25, -0.2) is 0 Å². The van der Waals surface area contributed by atoms with Gasteiger partial charge in [0.25, 0.3) is 0 Å². The Morgan fingerprint density at radius 1 is 1.50 bits per heavy atom.